The molecule has 0 aromatic carbocycles. The summed E-state index contributed by atoms with van der Waals surface area (Å²) in [6, 6.07) is 0. The molecule has 6 rings (SSSR count). The Hall–Kier alpha value is -0.380. The topological polar surface area (TPSA) is 38.7 Å². The van der Waals surface area contributed by atoms with Crippen LogP contribution < -0.4 is 0 Å². The van der Waals surface area contributed by atoms with E-state index in [9.17, 15) is 5.11 Å². The number of allylic oxidation sites excluding steroid dienone is 1. The van der Waals surface area contributed by atoms with Gasteiger partial charge in [0.1, 0.15) is 0 Å². The van der Waals surface area contributed by atoms with Crippen LogP contribution in [-0.4, -0.2) is 29.7 Å². The Labute approximate surface area is 183 Å². The molecule has 0 amide bonds. The van der Waals surface area contributed by atoms with E-state index in [1.54, 1.807) is 5.57 Å². The fourth-order valence-electron chi connectivity index (χ4n) is 9.66. The molecule has 3 saturated carbocycles. The second-order valence-electron chi connectivity index (χ2n) is 12.7. The molecule has 0 radical (unpaired) electrons. The Kier molecular flexibility index (Phi) is 4.44. The maximum atomic E-state index is 10.3. The van der Waals surface area contributed by atoms with E-state index in [0.29, 0.717) is 34.7 Å². The lowest BCUT2D eigenvalue weighted by atomic mass is 9.47. The van der Waals surface area contributed by atoms with E-state index in [-0.39, 0.29) is 11.9 Å². The van der Waals surface area contributed by atoms with Crippen LogP contribution in [0.3, 0.4) is 0 Å². The van der Waals surface area contributed by atoms with Gasteiger partial charge in [-0.15, -0.1) is 0 Å². The van der Waals surface area contributed by atoms with Gasteiger partial charge in [0, 0.05) is 12.3 Å². The van der Waals surface area contributed by atoms with E-state index < -0.39 is 0 Å². The van der Waals surface area contributed by atoms with Crippen LogP contribution in [0.1, 0.15) is 85.5 Å². The largest absolute Gasteiger partial charge is 0.393 e. The summed E-state index contributed by atoms with van der Waals surface area (Å²) in [5.41, 5.74) is 2.31. The molecule has 30 heavy (non-hydrogen) atoms. The molecule has 11 atom stereocenters. The third kappa shape index (κ3) is 2.55. The average molecular weight is 415 g/mol. The van der Waals surface area contributed by atoms with Crippen molar-refractivity contribution in [2.45, 2.75) is 103 Å². The van der Waals surface area contributed by atoms with Gasteiger partial charge in [0.05, 0.1) is 18.8 Å². The Morgan fingerprint density at radius 1 is 1.03 bits per heavy atom. The van der Waals surface area contributed by atoms with E-state index in [0.717, 1.165) is 43.6 Å². The third-order valence-corrected chi connectivity index (χ3v) is 11.3. The van der Waals surface area contributed by atoms with Crippen LogP contribution in [0.15, 0.2) is 11.6 Å². The smallest absolute Gasteiger partial charge is 0.171 e. The minimum Gasteiger partial charge on any atom is -0.393 e. The maximum Gasteiger partial charge on any atom is 0.171 e. The van der Waals surface area contributed by atoms with E-state index in [1.807, 2.05) is 0 Å². The van der Waals surface area contributed by atoms with Crippen molar-refractivity contribution in [2.24, 2.45) is 46.3 Å². The van der Waals surface area contributed by atoms with Crippen LogP contribution in [0, 0.1) is 46.3 Å². The second-order valence-corrected chi connectivity index (χ2v) is 12.7. The van der Waals surface area contributed by atoms with E-state index in [4.69, 9.17) is 9.47 Å². The monoisotopic (exact) mass is 414 g/mol. The molecule has 6 aliphatic rings. The minimum absolute atomic E-state index is 0.107. The predicted molar refractivity (Wildman–Crippen MR) is 118 cm³/mol. The first-order chi connectivity index (χ1) is 14.3. The number of ether oxygens (including phenoxy) is 2. The van der Waals surface area contributed by atoms with Crippen molar-refractivity contribution < 1.29 is 14.6 Å². The van der Waals surface area contributed by atoms with E-state index in [2.05, 4.69) is 33.8 Å². The molecular weight excluding hydrogens is 372 g/mol. The standard InChI is InChI=1S/C27H42O3/c1-16-7-12-27(29-15-16)17(2)24-23(30-27)14-22-20-6-5-18-13-19(28)8-10-25(18,3)21(20)9-11-26(22,24)4/h5,16-17,19-24,28H,6-15H2,1-4H3/t16-,17?,19?,20?,21?,22?,23?,24?,25-,26-,27?/m0/s1. The molecule has 8 unspecified atom stereocenters. The van der Waals surface area contributed by atoms with Crippen molar-refractivity contribution in [1.82, 2.24) is 0 Å². The predicted octanol–water partition coefficient (Wildman–Crippen LogP) is 5.71. The van der Waals surface area contributed by atoms with Crippen molar-refractivity contribution in [2.75, 3.05) is 6.61 Å². The lowest BCUT2D eigenvalue weighted by Gasteiger charge is -2.58. The quantitative estimate of drug-likeness (QED) is 0.516. The minimum atomic E-state index is -0.294. The zero-order valence-corrected chi connectivity index (χ0v) is 19.5. The summed E-state index contributed by atoms with van der Waals surface area (Å²) in [6.07, 6.45) is 13.5. The van der Waals surface area contributed by atoms with Crippen LogP contribution >= 0.6 is 0 Å². The van der Waals surface area contributed by atoms with Gasteiger partial charge in [-0.05, 0) is 91.8 Å². The highest BCUT2D eigenvalue weighted by molar-refractivity contribution is 5.26. The van der Waals surface area contributed by atoms with Crippen LogP contribution in [0.25, 0.3) is 0 Å². The molecule has 0 aromatic heterocycles. The molecule has 2 saturated heterocycles. The SMILES string of the molecule is CC1C2C(CC3C4CC=C5CC(O)CC[C@]5(C)C4CC[C@@]32C)OC12CC[C@H](C)CO2. The van der Waals surface area contributed by atoms with Gasteiger partial charge in [-0.25, -0.2) is 0 Å². The van der Waals surface area contributed by atoms with E-state index >= 15 is 0 Å². The highest BCUT2D eigenvalue weighted by Gasteiger charge is 2.68. The molecule has 3 nitrogen and oxygen atoms in total. The van der Waals surface area contributed by atoms with Crippen LogP contribution in [-0.2, 0) is 9.47 Å². The van der Waals surface area contributed by atoms with Crippen LogP contribution in [0.4, 0.5) is 0 Å². The molecule has 0 aromatic rings. The molecule has 5 fully saturated rings. The molecule has 2 heterocycles. The van der Waals surface area contributed by atoms with Gasteiger partial charge in [-0.2, -0.15) is 0 Å². The number of aliphatic hydroxyl groups is 1. The summed E-state index contributed by atoms with van der Waals surface area (Å²) >= 11 is 0. The molecule has 2 aliphatic heterocycles. The molecule has 0 bridgehead atoms. The number of hydrogen-bond donors (Lipinski definition) is 1. The fraction of sp³-hybridized carbons (Fsp3) is 0.926. The Morgan fingerprint density at radius 2 is 1.87 bits per heavy atom. The van der Waals surface area contributed by atoms with Crippen molar-refractivity contribution in [3.8, 4) is 0 Å². The third-order valence-electron chi connectivity index (χ3n) is 11.3. The normalized spacial score (nSPS) is 59.8. The molecule has 1 N–H and O–H groups in total. The molecule has 4 aliphatic carbocycles. The van der Waals surface area contributed by atoms with Gasteiger partial charge in [-0.3, -0.25) is 0 Å². The molecular formula is C27H42O3. The summed E-state index contributed by atoms with van der Waals surface area (Å²) < 4.78 is 13.3. The lowest BCUT2D eigenvalue weighted by Crippen LogP contribution is -2.52. The van der Waals surface area contributed by atoms with Crippen molar-refractivity contribution in [3.05, 3.63) is 11.6 Å². The Morgan fingerprint density at radius 3 is 2.63 bits per heavy atom. The maximum absolute atomic E-state index is 10.3. The highest BCUT2D eigenvalue weighted by atomic mass is 16.7. The fourth-order valence-corrected chi connectivity index (χ4v) is 9.66. The average Bonchev–Trinajstić information content (AvgIpc) is 3.16. The van der Waals surface area contributed by atoms with Crippen molar-refractivity contribution in [3.63, 3.8) is 0 Å². The first-order valence-electron chi connectivity index (χ1n) is 13.0. The molecule has 3 heteroatoms. The van der Waals surface area contributed by atoms with Gasteiger partial charge in [0.25, 0.3) is 0 Å². The Bertz CT molecular complexity index is 736. The van der Waals surface area contributed by atoms with Gasteiger partial charge >= 0.3 is 0 Å². The number of hydrogen-bond acceptors (Lipinski definition) is 3. The zero-order chi connectivity index (χ0) is 20.9. The van der Waals surface area contributed by atoms with Crippen molar-refractivity contribution >= 4 is 0 Å². The second kappa shape index (κ2) is 6.58. The number of fused-ring (bicyclic) bond motifs is 7. The zero-order valence-electron chi connectivity index (χ0n) is 19.5. The first-order valence-corrected chi connectivity index (χ1v) is 13.0. The van der Waals surface area contributed by atoms with Gasteiger partial charge < -0.3 is 14.6 Å². The van der Waals surface area contributed by atoms with Crippen molar-refractivity contribution in [1.29, 1.82) is 0 Å². The van der Waals surface area contributed by atoms with E-state index in [1.165, 1.54) is 38.5 Å². The summed E-state index contributed by atoms with van der Waals surface area (Å²) in [6.45, 7) is 10.8. The molecule has 1 spiro atoms. The molecule has 168 valence electrons. The van der Waals surface area contributed by atoms with Gasteiger partial charge in [0.15, 0.2) is 5.79 Å². The summed E-state index contributed by atoms with van der Waals surface area (Å²) in [5.74, 6) is 3.94. The first kappa shape index (κ1) is 20.2. The van der Waals surface area contributed by atoms with Gasteiger partial charge in [0.2, 0.25) is 0 Å². The Balaban J connectivity index is 1.28. The summed E-state index contributed by atoms with van der Waals surface area (Å²) in [5, 5.41) is 10.3. The lowest BCUT2D eigenvalue weighted by molar-refractivity contribution is -0.272. The number of aliphatic hydroxyl groups excluding tert-OH is 1. The van der Waals surface area contributed by atoms with Crippen LogP contribution in [0.5, 0.6) is 0 Å². The number of rotatable bonds is 0. The van der Waals surface area contributed by atoms with Gasteiger partial charge in [-0.1, -0.05) is 39.3 Å². The highest BCUT2D eigenvalue weighted by Crippen LogP contribution is 2.70. The van der Waals surface area contributed by atoms with Crippen LogP contribution in [0.2, 0.25) is 0 Å². The summed E-state index contributed by atoms with van der Waals surface area (Å²) in [4.78, 5) is 0. The summed E-state index contributed by atoms with van der Waals surface area (Å²) in [7, 11) is 0.